The first kappa shape index (κ1) is 8.01. The maximum atomic E-state index is 8.88. The van der Waals surface area contributed by atoms with Crippen molar-refractivity contribution in [3.8, 4) is 0 Å². The van der Waals surface area contributed by atoms with Crippen molar-refractivity contribution in [1.82, 2.24) is 4.90 Å². The summed E-state index contributed by atoms with van der Waals surface area (Å²) < 4.78 is 0. The first-order valence-corrected chi connectivity index (χ1v) is 5.40. The van der Waals surface area contributed by atoms with Gasteiger partial charge < -0.3 is 10.0 Å². The highest BCUT2D eigenvalue weighted by Gasteiger charge is 2.48. The third kappa shape index (κ3) is 1.09. The summed E-state index contributed by atoms with van der Waals surface area (Å²) in [6.45, 7) is 3.67. The smallest absolute Gasteiger partial charge is 0.0558 e. The van der Waals surface area contributed by atoms with Gasteiger partial charge in [0.25, 0.3) is 0 Å². The van der Waals surface area contributed by atoms with E-state index < -0.39 is 0 Å². The molecule has 1 aliphatic heterocycles. The Labute approximate surface area is 79.2 Å². The molecule has 3 aliphatic rings. The molecule has 13 heavy (non-hydrogen) atoms. The number of hydrogen-bond donors (Lipinski definition) is 1. The largest absolute Gasteiger partial charge is 0.395 e. The summed E-state index contributed by atoms with van der Waals surface area (Å²) in [5.74, 6) is 3.58. The third-order valence-corrected chi connectivity index (χ3v) is 4.15. The molecule has 0 aromatic heterocycles. The second-order valence-corrected chi connectivity index (χ2v) is 4.76. The molecule has 0 amide bonds. The molecule has 72 valence electrons. The lowest BCUT2D eigenvalue weighted by Gasteiger charge is -2.17. The van der Waals surface area contributed by atoms with Crippen molar-refractivity contribution >= 4 is 0 Å². The van der Waals surface area contributed by atoms with Crippen LogP contribution >= 0.6 is 0 Å². The molecule has 2 heteroatoms. The lowest BCUT2D eigenvalue weighted by atomic mass is 9.86. The molecule has 1 heterocycles. The van der Waals surface area contributed by atoms with Crippen LogP contribution in [0.25, 0.3) is 0 Å². The number of likely N-dealkylation sites (tertiary alicyclic amines) is 1. The molecule has 2 aliphatic carbocycles. The van der Waals surface area contributed by atoms with E-state index in [4.69, 9.17) is 5.11 Å². The van der Waals surface area contributed by atoms with Crippen molar-refractivity contribution in [1.29, 1.82) is 0 Å². The molecule has 0 aromatic rings. The quantitative estimate of drug-likeness (QED) is 0.632. The van der Waals surface area contributed by atoms with E-state index in [0.29, 0.717) is 6.61 Å². The minimum atomic E-state index is 0.322. The van der Waals surface area contributed by atoms with Crippen LogP contribution in [0, 0.1) is 23.7 Å². The molecule has 4 atom stereocenters. The maximum Gasteiger partial charge on any atom is 0.0558 e. The molecule has 0 spiro atoms. The van der Waals surface area contributed by atoms with Crippen LogP contribution in [0.15, 0.2) is 12.2 Å². The second kappa shape index (κ2) is 2.82. The van der Waals surface area contributed by atoms with Gasteiger partial charge in [0.05, 0.1) is 6.61 Å². The van der Waals surface area contributed by atoms with Crippen LogP contribution in [0.5, 0.6) is 0 Å². The lowest BCUT2D eigenvalue weighted by Crippen LogP contribution is -2.26. The number of nitrogens with zero attached hydrogens (tertiary/aromatic N) is 1. The second-order valence-electron chi connectivity index (χ2n) is 4.76. The van der Waals surface area contributed by atoms with Crippen LogP contribution in [0.1, 0.15) is 6.42 Å². The van der Waals surface area contributed by atoms with Crippen LogP contribution in [-0.2, 0) is 0 Å². The predicted octanol–water partition coefficient (Wildman–Crippen LogP) is 0.733. The van der Waals surface area contributed by atoms with E-state index in [1.165, 1.54) is 19.5 Å². The summed E-state index contributed by atoms with van der Waals surface area (Å²) in [6.07, 6.45) is 6.27. The number of allylic oxidation sites excluding steroid dienone is 2. The van der Waals surface area contributed by atoms with Crippen molar-refractivity contribution in [2.45, 2.75) is 6.42 Å². The summed E-state index contributed by atoms with van der Waals surface area (Å²) in [5.41, 5.74) is 0. The standard InChI is InChI=1S/C11H17NO/c13-4-3-12-6-10-8-1-2-9(5-8)11(10)7-12/h1-2,8-11,13H,3-7H2. The first-order chi connectivity index (χ1) is 6.38. The third-order valence-electron chi connectivity index (χ3n) is 4.15. The molecular weight excluding hydrogens is 162 g/mol. The number of fused-ring (bicyclic) bond motifs is 5. The summed E-state index contributed by atoms with van der Waals surface area (Å²) >= 11 is 0. The lowest BCUT2D eigenvalue weighted by molar-refractivity contribution is 0.209. The van der Waals surface area contributed by atoms with Gasteiger partial charge in [-0.1, -0.05) is 12.2 Å². The monoisotopic (exact) mass is 179 g/mol. The zero-order valence-corrected chi connectivity index (χ0v) is 7.89. The van der Waals surface area contributed by atoms with Gasteiger partial charge in [0.1, 0.15) is 0 Å². The zero-order valence-electron chi connectivity index (χ0n) is 7.89. The summed E-state index contributed by atoms with van der Waals surface area (Å²) in [5, 5.41) is 8.88. The van der Waals surface area contributed by atoms with Crippen LogP contribution < -0.4 is 0 Å². The fourth-order valence-corrected chi connectivity index (χ4v) is 3.56. The Morgan fingerprint density at radius 1 is 1.15 bits per heavy atom. The van der Waals surface area contributed by atoms with E-state index in [-0.39, 0.29) is 0 Å². The van der Waals surface area contributed by atoms with Gasteiger partial charge in [-0.3, -0.25) is 0 Å². The van der Waals surface area contributed by atoms with E-state index in [1.807, 2.05) is 0 Å². The van der Waals surface area contributed by atoms with Crippen LogP contribution in [0.2, 0.25) is 0 Å². The minimum Gasteiger partial charge on any atom is -0.395 e. The van der Waals surface area contributed by atoms with E-state index in [1.54, 1.807) is 0 Å². The minimum absolute atomic E-state index is 0.322. The zero-order chi connectivity index (χ0) is 8.84. The van der Waals surface area contributed by atoms with Gasteiger partial charge >= 0.3 is 0 Å². The van der Waals surface area contributed by atoms with Crippen LogP contribution in [0.3, 0.4) is 0 Å². The van der Waals surface area contributed by atoms with Gasteiger partial charge in [-0.05, 0) is 30.1 Å². The van der Waals surface area contributed by atoms with E-state index in [0.717, 1.165) is 30.2 Å². The van der Waals surface area contributed by atoms with Gasteiger partial charge in [0.15, 0.2) is 0 Å². The predicted molar refractivity (Wildman–Crippen MR) is 51.2 cm³/mol. The molecule has 1 saturated heterocycles. The Morgan fingerprint density at radius 3 is 2.31 bits per heavy atom. The molecular formula is C11H17NO. The molecule has 2 fully saturated rings. The van der Waals surface area contributed by atoms with E-state index >= 15 is 0 Å². The molecule has 4 unspecified atom stereocenters. The number of aliphatic hydroxyl groups is 1. The van der Waals surface area contributed by atoms with Crippen molar-refractivity contribution in [2.75, 3.05) is 26.2 Å². The van der Waals surface area contributed by atoms with Gasteiger partial charge in [-0.2, -0.15) is 0 Å². The molecule has 0 aromatic carbocycles. The number of aliphatic hydroxyl groups excluding tert-OH is 1. The van der Waals surface area contributed by atoms with Gasteiger partial charge in [0.2, 0.25) is 0 Å². The number of rotatable bonds is 2. The summed E-state index contributed by atoms with van der Waals surface area (Å²) in [6, 6.07) is 0. The fraction of sp³-hybridized carbons (Fsp3) is 0.818. The molecule has 0 radical (unpaired) electrons. The van der Waals surface area contributed by atoms with Crippen LogP contribution in [-0.4, -0.2) is 36.2 Å². The summed E-state index contributed by atoms with van der Waals surface area (Å²) in [7, 11) is 0. The Kier molecular flexibility index (Phi) is 1.74. The Hall–Kier alpha value is -0.340. The highest BCUT2D eigenvalue weighted by molar-refractivity contribution is 5.16. The van der Waals surface area contributed by atoms with Crippen molar-refractivity contribution in [3.05, 3.63) is 12.2 Å². The molecule has 2 nitrogen and oxygen atoms in total. The Morgan fingerprint density at radius 2 is 1.77 bits per heavy atom. The average Bonchev–Trinajstić information content (AvgIpc) is 2.72. The van der Waals surface area contributed by atoms with Crippen LogP contribution in [0.4, 0.5) is 0 Å². The molecule has 1 saturated carbocycles. The van der Waals surface area contributed by atoms with Gasteiger partial charge in [-0.25, -0.2) is 0 Å². The average molecular weight is 179 g/mol. The van der Waals surface area contributed by atoms with Crippen molar-refractivity contribution in [3.63, 3.8) is 0 Å². The van der Waals surface area contributed by atoms with Gasteiger partial charge in [0, 0.05) is 19.6 Å². The van der Waals surface area contributed by atoms with E-state index in [9.17, 15) is 0 Å². The normalized spacial score (nSPS) is 47.5. The molecule has 1 N–H and O–H groups in total. The van der Waals surface area contributed by atoms with Gasteiger partial charge in [-0.15, -0.1) is 0 Å². The van der Waals surface area contributed by atoms with E-state index in [2.05, 4.69) is 17.1 Å². The highest BCUT2D eigenvalue weighted by Crippen LogP contribution is 2.51. The first-order valence-electron chi connectivity index (χ1n) is 5.40. The highest BCUT2D eigenvalue weighted by atomic mass is 16.3. The SMILES string of the molecule is OCCN1CC2C3C=CC(C3)C2C1. The number of β-amino-alcohol motifs (C(OH)–C–C–N with tert-alkyl or cyclic N) is 1. The Bertz CT molecular complexity index is 218. The maximum absolute atomic E-state index is 8.88. The summed E-state index contributed by atoms with van der Waals surface area (Å²) in [4.78, 5) is 2.43. The van der Waals surface area contributed by atoms with Crippen molar-refractivity contribution in [2.24, 2.45) is 23.7 Å². The fourth-order valence-electron chi connectivity index (χ4n) is 3.56. The number of hydrogen-bond acceptors (Lipinski definition) is 2. The molecule has 3 rings (SSSR count). The molecule has 2 bridgehead atoms. The Balaban J connectivity index is 1.72. The topological polar surface area (TPSA) is 23.5 Å². The van der Waals surface area contributed by atoms with Crippen molar-refractivity contribution < 1.29 is 5.11 Å².